The van der Waals surface area contributed by atoms with Crippen LogP contribution in [-0.4, -0.2) is 37.2 Å². The maximum atomic E-state index is 12.9. The smallest absolute Gasteiger partial charge is 0.306 e. The van der Waals surface area contributed by atoms with E-state index in [1.807, 2.05) is 12.2 Å². The van der Waals surface area contributed by atoms with Gasteiger partial charge in [0, 0.05) is 19.3 Å². The maximum absolute atomic E-state index is 12.9. The molecule has 0 aliphatic heterocycles. The molecule has 0 aliphatic rings. The molecular formula is C77H120O6. The van der Waals surface area contributed by atoms with Crippen molar-refractivity contribution in [2.45, 2.75) is 271 Å². The molecule has 0 radical (unpaired) electrons. The van der Waals surface area contributed by atoms with Crippen molar-refractivity contribution < 1.29 is 28.6 Å². The molecule has 0 saturated carbocycles. The Morgan fingerprint density at radius 2 is 0.458 bits per heavy atom. The standard InChI is InChI=1S/C77H120O6/c1-4-7-10-13-16-19-22-25-28-31-33-34-35-36-37-38-39-40-41-42-44-46-49-52-55-58-61-64-67-70-76(79)82-73-74(72-81-75(78)69-66-63-60-57-54-51-48-45-30-27-24-21-18-15-12-9-6-3)83-77(80)71-68-65-62-59-56-53-50-47-43-32-29-26-23-20-17-14-11-8-5-2/h7-12,16-21,25-30,33-34,36-37,43,47-48,51,53,56,62,65,74H,4-6,13-15,22-24,31-32,35,38-42,44-46,49-50,52,54-55,57-61,63-64,66-73H2,1-3H3/b10-7-,11-8-,12-9-,19-16-,20-17-,21-18-,28-25-,29-26-,30-27-,34-33-,37-36-,47-43-,51-48-,56-53-,65-62-. The molecule has 6 nitrogen and oxygen atoms in total. The number of rotatable bonds is 58. The van der Waals surface area contributed by atoms with Crippen molar-refractivity contribution in [1.29, 1.82) is 0 Å². The van der Waals surface area contributed by atoms with Crippen molar-refractivity contribution >= 4 is 17.9 Å². The first-order valence-corrected chi connectivity index (χ1v) is 33.3. The van der Waals surface area contributed by atoms with Gasteiger partial charge < -0.3 is 14.2 Å². The van der Waals surface area contributed by atoms with Crippen LogP contribution in [0.4, 0.5) is 0 Å². The highest BCUT2D eigenvalue weighted by Gasteiger charge is 2.19. The van der Waals surface area contributed by atoms with Crippen LogP contribution in [0.3, 0.4) is 0 Å². The fourth-order valence-electron chi connectivity index (χ4n) is 8.55. The Balaban J connectivity index is 4.46. The summed E-state index contributed by atoms with van der Waals surface area (Å²) in [7, 11) is 0. The lowest BCUT2D eigenvalue weighted by Crippen LogP contribution is -2.30. The summed E-state index contributed by atoms with van der Waals surface area (Å²) in [5.41, 5.74) is 0. The van der Waals surface area contributed by atoms with Crippen LogP contribution >= 0.6 is 0 Å². The van der Waals surface area contributed by atoms with E-state index >= 15 is 0 Å². The van der Waals surface area contributed by atoms with Gasteiger partial charge in [-0.25, -0.2) is 0 Å². The minimum absolute atomic E-state index is 0.125. The van der Waals surface area contributed by atoms with E-state index in [4.69, 9.17) is 14.2 Å². The monoisotopic (exact) mass is 1140 g/mol. The number of ether oxygens (including phenoxy) is 3. The van der Waals surface area contributed by atoms with E-state index in [1.54, 1.807) is 0 Å². The maximum Gasteiger partial charge on any atom is 0.306 e. The summed E-state index contributed by atoms with van der Waals surface area (Å²) in [6.07, 6.45) is 103. The van der Waals surface area contributed by atoms with Crippen LogP contribution in [0.5, 0.6) is 0 Å². The second-order valence-corrected chi connectivity index (χ2v) is 21.2. The lowest BCUT2D eigenvalue weighted by atomic mass is 10.0. The molecule has 0 fully saturated rings. The number of esters is 3. The average molecular weight is 1140 g/mol. The summed E-state index contributed by atoms with van der Waals surface area (Å²) in [5, 5.41) is 0. The Hall–Kier alpha value is -5.49. The third-order valence-electron chi connectivity index (χ3n) is 13.4. The van der Waals surface area contributed by atoms with Gasteiger partial charge >= 0.3 is 17.9 Å². The first kappa shape index (κ1) is 77.5. The Bertz CT molecular complexity index is 1940. The summed E-state index contributed by atoms with van der Waals surface area (Å²) in [5.74, 6) is -1.04. The second-order valence-electron chi connectivity index (χ2n) is 21.2. The molecule has 0 saturated heterocycles. The predicted molar refractivity (Wildman–Crippen MR) is 361 cm³/mol. The van der Waals surface area contributed by atoms with Crippen LogP contribution in [-0.2, 0) is 28.6 Å². The van der Waals surface area contributed by atoms with E-state index in [2.05, 4.69) is 191 Å². The zero-order valence-corrected chi connectivity index (χ0v) is 53.1. The fourth-order valence-corrected chi connectivity index (χ4v) is 8.55. The number of carbonyl (C=O) groups is 3. The van der Waals surface area contributed by atoms with Crippen molar-refractivity contribution in [3.05, 3.63) is 182 Å². The molecular weight excluding hydrogens is 1020 g/mol. The van der Waals surface area contributed by atoms with E-state index in [-0.39, 0.29) is 31.6 Å². The van der Waals surface area contributed by atoms with E-state index in [0.29, 0.717) is 19.3 Å². The number of carbonyl (C=O) groups excluding carboxylic acids is 3. The van der Waals surface area contributed by atoms with Crippen molar-refractivity contribution in [2.24, 2.45) is 0 Å². The normalized spacial score (nSPS) is 13.3. The van der Waals surface area contributed by atoms with Crippen LogP contribution in [0.25, 0.3) is 0 Å². The highest BCUT2D eigenvalue weighted by atomic mass is 16.6. The third-order valence-corrected chi connectivity index (χ3v) is 13.4. The molecule has 0 rings (SSSR count). The van der Waals surface area contributed by atoms with E-state index in [0.717, 1.165) is 148 Å². The Morgan fingerprint density at radius 1 is 0.241 bits per heavy atom. The summed E-state index contributed by atoms with van der Waals surface area (Å²) >= 11 is 0. The predicted octanol–water partition coefficient (Wildman–Crippen LogP) is 23.2. The van der Waals surface area contributed by atoms with Gasteiger partial charge in [-0.05, 0) is 141 Å². The van der Waals surface area contributed by atoms with E-state index in [9.17, 15) is 14.4 Å². The molecule has 0 N–H and O–H groups in total. The van der Waals surface area contributed by atoms with Crippen LogP contribution in [0.2, 0.25) is 0 Å². The molecule has 0 aromatic rings. The van der Waals surface area contributed by atoms with Crippen molar-refractivity contribution in [3.63, 3.8) is 0 Å². The first-order chi connectivity index (χ1) is 41.0. The molecule has 1 atom stereocenters. The van der Waals surface area contributed by atoms with Gasteiger partial charge in [-0.3, -0.25) is 14.4 Å². The molecule has 1 unspecified atom stereocenters. The lowest BCUT2D eigenvalue weighted by molar-refractivity contribution is -0.166. The molecule has 0 bridgehead atoms. The van der Waals surface area contributed by atoms with Gasteiger partial charge in [0.05, 0.1) is 0 Å². The second kappa shape index (κ2) is 69.0. The van der Waals surface area contributed by atoms with Gasteiger partial charge in [-0.1, -0.05) is 287 Å². The Labute approximate surface area is 510 Å². The summed E-state index contributed by atoms with van der Waals surface area (Å²) in [6.45, 7) is 6.21. The topological polar surface area (TPSA) is 78.9 Å². The quantitative estimate of drug-likeness (QED) is 0.0261. The lowest BCUT2D eigenvalue weighted by Gasteiger charge is -2.18. The van der Waals surface area contributed by atoms with Crippen molar-refractivity contribution in [1.82, 2.24) is 0 Å². The summed E-state index contributed by atoms with van der Waals surface area (Å²) in [6, 6.07) is 0. The Kier molecular flexibility index (Phi) is 64.4. The van der Waals surface area contributed by atoms with Gasteiger partial charge in [0.25, 0.3) is 0 Å². The third kappa shape index (κ3) is 67.2. The molecule has 0 heterocycles. The van der Waals surface area contributed by atoms with E-state index < -0.39 is 12.1 Å². The molecule has 0 aliphatic carbocycles. The molecule has 0 aromatic carbocycles. The zero-order valence-electron chi connectivity index (χ0n) is 53.1. The summed E-state index contributed by atoms with van der Waals surface area (Å²) in [4.78, 5) is 38.4. The molecule has 6 heteroatoms. The van der Waals surface area contributed by atoms with Crippen LogP contribution in [0, 0.1) is 0 Å². The fraction of sp³-hybridized carbons (Fsp3) is 0.571. The first-order valence-electron chi connectivity index (χ1n) is 33.3. The average Bonchev–Trinajstić information content (AvgIpc) is 3.49. The van der Waals surface area contributed by atoms with E-state index in [1.165, 1.54) is 70.6 Å². The van der Waals surface area contributed by atoms with Gasteiger partial charge in [-0.15, -0.1) is 0 Å². The Morgan fingerprint density at radius 3 is 0.723 bits per heavy atom. The minimum atomic E-state index is -0.841. The highest BCUT2D eigenvalue weighted by Crippen LogP contribution is 2.15. The van der Waals surface area contributed by atoms with Gasteiger partial charge in [0.2, 0.25) is 0 Å². The van der Waals surface area contributed by atoms with Gasteiger partial charge in [-0.2, -0.15) is 0 Å². The molecule has 0 amide bonds. The van der Waals surface area contributed by atoms with Crippen LogP contribution in [0.15, 0.2) is 182 Å². The SMILES string of the molecule is CC/C=C\C/C=C\C/C=C\C/C=C\C/C=C\C/C=C\CCC(=O)OC(COC(=O)CCCCCC/C=C\C/C=C\C/C=C\C/C=C\CC)COC(=O)CCCCCCCCCCCCCCC/C=C\C/C=C\C/C=C\C/C=C\C/C=C\CC. The number of hydrogen-bond acceptors (Lipinski definition) is 6. The summed E-state index contributed by atoms with van der Waals surface area (Å²) < 4.78 is 16.8. The molecule has 0 spiro atoms. The van der Waals surface area contributed by atoms with Crippen molar-refractivity contribution in [3.8, 4) is 0 Å². The largest absolute Gasteiger partial charge is 0.462 e. The van der Waals surface area contributed by atoms with Crippen LogP contribution < -0.4 is 0 Å². The molecule has 0 aromatic heterocycles. The number of hydrogen-bond donors (Lipinski definition) is 0. The number of unbranched alkanes of at least 4 members (excludes halogenated alkanes) is 17. The molecule has 464 valence electrons. The molecule has 83 heavy (non-hydrogen) atoms. The van der Waals surface area contributed by atoms with Crippen LogP contribution in [0.1, 0.15) is 265 Å². The highest BCUT2D eigenvalue weighted by molar-refractivity contribution is 5.71. The van der Waals surface area contributed by atoms with Gasteiger partial charge in [0.15, 0.2) is 6.10 Å². The zero-order chi connectivity index (χ0) is 59.9. The number of allylic oxidation sites excluding steroid dienone is 30. The van der Waals surface area contributed by atoms with Gasteiger partial charge in [0.1, 0.15) is 13.2 Å². The van der Waals surface area contributed by atoms with Crippen molar-refractivity contribution in [2.75, 3.05) is 13.2 Å². The minimum Gasteiger partial charge on any atom is -0.462 e.